The minimum Gasteiger partial charge on any atom is -0.870 e. The smallest absolute Gasteiger partial charge is 0.870 e. The van der Waals surface area contributed by atoms with Gasteiger partial charge in [0.1, 0.15) is 0 Å². The Balaban J connectivity index is -0.0000000183. The summed E-state index contributed by atoms with van der Waals surface area (Å²) in [5, 5.41) is 0. The van der Waals surface area contributed by atoms with Gasteiger partial charge in [0, 0.05) is 0 Å². The molecule has 0 aromatic rings. The molecule has 0 aromatic carbocycles. The second-order valence-electron chi connectivity index (χ2n) is 0.710. The summed E-state index contributed by atoms with van der Waals surface area (Å²) < 4.78 is 0. The Labute approximate surface area is 150 Å². The van der Waals surface area contributed by atoms with Crippen LogP contribution in [0.4, 0.5) is 0 Å². The zero-order valence-electron chi connectivity index (χ0n) is 6.26. The molecule has 0 aliphatic heterocycles. The Kier molecular flexibility index (Phi) is 49.2. The third kappa shape index (κ3) is 194. The molecule has 58 valence electrons. The van der Waals surface area contributed by atoms with Gasteiger partial charge >= 0.3 is 112 Å². The largest absolute Gasteiger partial charge is 1.00 e. The van der Waals surface area contributed by atoms with E-state index >= 15 is 0 Å². The molecule has 0 rings (SSSR count). The molecular weight excluding hydrogens is 228 g/mol. The Bertz CT molecular complexity index is 60.1. The topological polar surface area (TPSA) is 157 Å². The number of carbonyl (C=O) groups excluding carboxylic acids is 1. The number of hydrogen-bond acceptors (Lipinski definition) is 6. The van der Waals surface area contributed by atoms with Crippen LogP contribution in [0, 0.1) is 0 Å². The van der Waals surface area contributed by atoms with Crippen LogP contribution in [0.5, 0.6) is 0 Å². The zero-order chi connectivity index (χ0) is 7.21. The Morgan fingerprint density at radius 1 is 1.27 bits per heavy atom. The fraction of sp³-hybridized carbons (Fsp3) is 0. The normalized spacial score (nSPS) is 6.55. The van der Waals surface area contributed by atoms with Gasteiger partial charge in [0.25, 0.3) is 0 Å². The van der Waals surface area contributed by atoms with Crippen LogP contribution in [0.3, 0.4) is 0 Å². The second-order valence-corrected chi connectivity index (χ2v) is 1.86. The Morgan fingerprint density at radius 3 is 1.27 bits per heavy atom. The molecule has 0 saturated carbocycles. The average molecular weight is 235 g/mol. The van der Waals surface area contributed by atoms with Crippen molar-refractivity contribution in [3.63, 3.8) is 0 Å². The predicted octanol–water partition coefficient (Wildman–Crippen LogP) is -10.3. The molecule has 0 aliphatic carbocycles. The zero-order valence-corrected chi connectivity index (χ0v) is 13.5. The fourth-order valence-electron chi connectivity index (χ4n) is 0. The molecule has 0 aromatic heterocycles. The van der Waals surface area contributed by atoms with E-state index in [1.807, 2.05) is 0 Å². The molecule has 10 heteroatoms. The maximum absolute atomic E-state index is 8.91. The number of carbonyl (C=O) groups is 1. The molecule has 0 radical (unpaired) electrons. The maximum Gasteiger partial charge on any atom is 1.00 e. The van der Waals surface area contributed by atoms with Crippen LogP contribution < -0.4 is 113 Å². The average Bonchev–Trinajstić information content (AvgIpc) is 1.27. The van der Waals surface area contributed by atoms with Crippen LogP contribution in [0.15, 0.2) is 0 Å². The number of nitrogens with two attached hydrogens (primary N) is 1. The molecule has 6 N–H and O–H groups in total. The van der Waals surface area contributed by atoms with Crippen LogP contribution in [-0.2, 0) is 4.79 Å². The van der Waals surface area contributed by atoms with Crippen molar-refractivity contribution < 1.29 is 132 Å². The van der Waals surface area contributed by atoms with Gasteiger partial charge in [-0.15, -0.1) is 0 Å². The summed E-state index contributed by atoms with van der Waals surface area (Å²) in [4.78, 5) is 39.1. The van der Waals surface area contributed by atoms with E-state index in [0.29, 0.717) is 0 Å². The van der Waals surface area contributed by atoms with Gasteiger partial charge in [0.05, 0.1) is 0 Å². The van der Waals surface area contributed by atoms with E-state index in [1.165, 1.54) is 0 Å². The van der Waals surface area contributed by atoms with Gasteiger partial charge in [-0.25, -0.2) is 0 Å². The van der Waals surface area contributed by atoms with Gasteiger partial charge in [-0.3, -0.25) is 4.79 Å². The maximum atomic E-state index is 8.91. The first kappa shape index (κ1) is 29.2. The van der Waals surface area contributed by atoms with Crippen LogP contribution in [0.25, 0.3) is 0 Å². The van der Waals surface area contributed by atoms with Crippen LogP contribution >= 0.6 is 0 Å². The minimum absolute atomic E-state index is 0. The summed E-state index contributed by atoms with van der Waals surface area (Å²) >= 11 is 0. The molecular formula is CH7K2NO6Si. The van der Waals surface area contributed by atoms with Crippen LogP contribution in [0.1, 0.15) is 0 Å². The first-order chi connectivity index (χ1) is 3.41. The van der Waals surface area contributed by atoms with E-state index in [0.717, 1.165) is 0 Å². The van der Waals surface area contributed by atoms with E-state index in [2.05, 4.69) is 5.73 Å². The fourth-order valence-corrected chi connectivity index (χ4v) is 0. The SMILES string of the molecule is NC=O.[K+].[K+].[O-][Si](O)(O)O.[OH-]. The first-order valence-corrected chi connectivity index (χ1v) is 3.19. The molecule has 0 unspecified atom stereocenters. The van der Waals surface area contributed by atoms with Crippen molar-refractivity contribution in [1.29, 1.82) is 0 Å². The molecule has 0 aliphatic rings. The number of rotatable bonds is 0. The predicted molar refractivity (Wildman–Crippen MR) is 24.6 cm³/mol. The molecule has 0 heterocycles. The molecule has 0 fully saturated rings. The van der Waals surface area contributed by atoms with Crippen molar-refractivity contribution in [3.05, 3.63) is 0 Å². The van der Waals surface area contributed by atoms with Crippen molar-refractivity contribution in [2.45, 2.75) is 0 Å². The summed E-state index contributed by atoms with van der Waals surface area (Å²) in [5.41, 5.74) is 4.17. The summed E-state index contributed by atoms with van der Waals surface area (Å²) in [6, 6.07) is 0. The first-order valence-electron chi connectivity index (χ1n) is 1.44. The van der Waals surface area contributed by atoms with Crippen LogP contribution in [0.2, 0.25) is 0 Å². The third-order valence-electron chi connectivity index (χ3n) is 0. The van der Waals surface area contributed by atoms with Gasteiger partial charge in [-0.1, -0.05) is 0 Å². The van der Waals surface area contributed by atoms with E-state index in [4.69, 9.17) is 24.0 Å². The van der Waals surface area contributed by atoms with Gasteiger partial charge in [0.2, 0.25) is 6.41 Å². The van der Waals surface area contributed by atoms with Crippen molar-refractivity contribution in [2.24, 2.45) is 5.73 Å². The Hall–Kier alpha value is 2.76. The summed E-state index contributed by atoms with van der Waals surface area (Å²) in [5.74, 6) is 0. The standard InChI is InChI=1S/CH3NO.2K.H3O4Si.H2O/c2-1-3;;;1-5(2,3)4;/h1H,(H2,2,3);;;1-3H;1H2/q;2*+1;-1;/p-1. The molecule has 11 heavy (non-hydrogen) atoms. The number of hydrogen-bond donors (Lipinski definition) is 4. The van der Waals surface area contributed by atoms with Crippen molar-refractivity contribution in [1.82, 2.24) is 0 Å². The van der Waals surface area contributed by atoms with Gasteiger partial charge in [-0.2, -0.15) is 0 Å². The van der Waals surface area contributed by atoms with Gasteiger partial charge in [0.15, 0.2) is 0 Å². The van der Waals surface area contributed by atoms with E-state index in [9.17, 15) is 0 Å². The number of primary amides is 1. The van der Waals surface area contributed by atoms with Gasteiger partial charge < -0.3 is 30.4 Å². The quantitative estimate of drug-likeness (QED) is 0.241. The molecule has 1 amide bonds. The summed E-state index contributed by atoms with van der Waals surface area (Å²) in [7, 11) is -4.86. The minimum atomic E-state index is -4.86. The molecule has 0 spiro atoms. The van der Waals surface area contributed by atoms with E-state index in [-0.39, 0.29) is 115 Å². The summed E-state index contributed by atoms with van der Waals surface area (Å²) in [6.45, 7) is 0. The monoisotopic (exact) mass is 235 g/mol. The van der Waals surface area contributed by atoms with Crippen LogP contribution in [-0.4, -0.2) is 35.3 Å². The van der Waals surface area contributed by atoms with Gasteiger partial charge in [-0.05, 0) is 0 Å². The molecule has 0 saturated heterocycles. The number of amides is 1. The second kappa shape index (κ2) is 18.5. The molecule has 7 nitrogen and oxygen atoms in total. The molecule has 0 bridgehead atoms. The van der Waals surface area contributed by atoms with Crippen molar-refractivity contribution >= 4 is 15.5 Å². The van der Waals surface area contributed by atoms with E-state index in [1.54, 1.807) is 0 Å². The molecule has 0 atom stereocenters. The summed E-state index contributed by atoms with van der Waals surface area (Å²) in [6.07, 6.45) is 0.250. The van der Waals surface area contributed by atoms with Crippen molar-refractivity contribution in [3.8, 4) is 0 Å². The van der Waals surface area contributed by atoms with E-state index < -0.39 is 9.05 Å². The third-order valence-corrected chi connectivity index (χ3v) is 0. The van der Waals surface area contributed by atoms with Crippen molar-refractivity contribution in [2.75, 3.05) is 0 Å². The Morgan fingerprint density at radius 2 is 1.27 bits per heavy atom.